The van der Waals surface area contributed by atoms with Crippen LogP contribution in [0.4, 0.5) is 0 Å². The molecule has 4 heterocycles. The van der Waals surface area contributed by atoms with E-state index >= 15 is 0 Å². The van der Waals surface area contributed by atoms with Crippen molar-refractivity contribution in [2.24, 2.45) is 17.8 Å². The number of carboxylic acids is 1. The van der Waals surface area contributed by atoms with Crippen LogP contribution in [0.1, 0.15) is 117 Å². The van der Waals surface area contributed by atoms with Crippen LogP contribution in [0.15, 0.2) is 29.2 Å². The number of Topliss-reactive ketones (excluding diaryl/α,β-unsaturated/α-hetero) is 1. The van der Waals surface area contributed by atoms with E-state index in [0.29, 0.717) is 43.3 Å². The van der Waals surface area contributed by atoms with Crippen molar-refractivity contribution in [3.05, 3.63) is 45.7 Å². The number of methoxy groups -OCH3 is 2. The van der Waals surface area contributed by atoms with Gasteiger partial charge in [0.25, 0.3) is 0 Å². The highest BCUT2D eigenvalue weighted by atomic mass is 16.7. The number of ketones is 1. The van der Waals surface area contributed by atoms with Gasteiger partial charge in [-0.15, -0.1) is 0 Å². The van der Waals surface area contributed by atoms with Crippen molar-refractivity contribution >= 4 is 34.6 Å². The number of carbonyl (C=O) groups is 4. The number of aryl methyl sites for hydroxylation is 1. The lowest BCUT2D eigenvalue weighted by atomic mass is 9.75. The maximum Gasteiger partial charge on any atom is 0.341 e. The van der Waals surface area contributed by atoms with Crippen LogP contribution in [-0.2, 0) is 58.7 Å². The van der Waals surface area contributed by atoms with Gasteiger partial charge in [-0.25, -0.2) is 4.79 Å². The first-order valence-corrected chi connectivity index (χ1v) is 26.3. The number of likely N-dealkylation sites (N-methyl/N-ethyl adjacent to an activating group) is 1. The Morgan fingerprint density at radius 2 is 1.56 bits per heavy atom. The third-order valence-corrected chi connectivity index (χ3v) is 15.8. The van der Waals surface area contributed by atoms with Crippen molar-refractivity contribution in [3.8, 4) is 0 Å². The molecule has 5 N–H and O–H groups in total. The van der Waals surface area contributed by atoms with Gasteiger partial charge in [-0.05, 0) is 112 Å². The second-order valence-electron chi connectivity index (χ2n) is 22.1. The number of carboxylic acid groups (broad SMARTS) is 1. The summed E-state index contributed by atoms with van der Waals surface area (Å²) in [4.78, 5) is 68.6. The molecule has 1 aromatic carbocycles. The fraction of sp³-hybridized carbons (Fsp3) is 0.759. The molecule has 3 aliphatic heterocycles. The molecule has 2 aromatic rings. The van der Waals surface area contributed by atoms with Gasteiger partial charge in [0, 0.05) is 70.7 Å². The van der Waals surface area contributed by atoms with Crippen LogP contribution in [0.25, 0.3) is 10.9 Å². The van der Waals surface area contributed by atoms with Crippen LogP contribution < -0.4 is 15.8 Å². The molecular weight excluding hydrogens is 977 g/mol. The number of ether oxygens (including phenoxy) is 8. The average molecular weight is 1060 g/mol. The zero-order valence-electron chi connectivity index (χ0n) is 46.7. The van der Waals surface area contributed by atoms with E-state index in [1.807, 2.05) is 32.0 Å². The van der Waals surface area contributed by atoms with Crippen LogP contribution in [0, 0.1) is 17.8 Å². The molecule has 3 fully saturated rings. The summed E-state index contributed by atoms with van der Waals surface area (Å²) in [5, 5.41) is 49.8. The minimum atomic E-state index is -2.18. The van der Waals surface area contributed by atoms with Crippen LogP contribution in [-0.4, -0.2) is 193 Å². The van der Waals surface area contributed by atoms with E-state index in [0.717, 1.165) is 5.56 Å². The molecule has 17 atom stereocenters. The van der Waals surface area contributed by atoms with Gasteiger partial charge in [-0.2, -0.15) is 0 Å². The van der Waals surface area contributed by atoms with Crippen molar-refractivity contribution in [1.29, 1.82) is 0 Å². The second kappa shape index (κ2) is 25.6. The zero-order valence-corrected chi connectivity index (χ0v) is 46.7. The number of fused-ring (bicyclic) bond motifs is 1. The maximum atomic E-state index is 14.4. The highest BCUT2D eigenvalue weighted by Gasteiger charge is 2.55. The first-order valence-electron chi connectivity index (χ1n) is 26.3. The summed E-state index contributed by atoms with van der Waals surface area (Å²) >= 11 is 0. The predicted molar refractivity (Wildman–Crippen MR) is 277 cm³/mol. The largest absolute Gasteiger partial charge is 0.477 e. The summed E-state index contributed by atoms with van der Waals surface area (Å²) in [5.41, 5.74) is -4.12. The van der Waals surface area contributed by atoms with Gasteiger partial charge in [-0.3, -0.25) is 23.9 Å². The van der Waals surface area contributed by atoms with E-state index in [4.69, 9.17) is 37.9 Å². The molecule has 0 amide bonds. The lowest BCUT2D eigenvalue weighted by molar-refractivity contribution is -0.320. The highest BCUT2D eigenvalue weighted by molar-refractivity contribution is 5.93. The molecule has 0 spiro atoms. The quantitative estimate of drug-likeness (QED) is 0.106. The number of rotatable bonds is 18. The van der Waals surface area contributed by atoms with Crippen LogP contribution in [0.5, 0.6) is 0 Å². The number of hydrogen-bond donors (Lipinski definition) is 5. The lowest BCUT2D eigenvalue weighted by Crippen LogP contribution is -2.61. The number of aromatic nitrogens is 1. The number of nitrogens with zero attached hydrogens (tertiary/aromatic N) is 3. The Hall–Kier alpha value is -4.13. The molecule has 3 aliphatic rings. The minimum Gasteiger partial charge on any atom is -0.477 e. The standard InChI is InChI=1S/C54H86N4O17/c1-16-39-54(9,67)46(63)42(60)29(2)26-52(7,68-14)47(75-51-44(62)38(56(10)11)24-30(3)70-51)31(4)45(32(5)50(66)72-39)74-41-27-53(8,69-15)48(33(6)71-41)73-40(59)21-23-55-22-17-18-34-19-20-37-35(25-34)43(61)36(49(64)65)28-58(37)57(12)13/h19-20,25,28-33,38-39,41,44-48,51,55,62-63,67H,16-18,21-24,26-27H2,1-15H3,(H,64,65)/t29-,30-,31+,32-,33+,38+,39-,41+,44-,45+,46-,47-,48+,51+,52-,53-,54-/m1/s1. The van der Waals surface area contributed by atoms with Crippen molar-refractivity contribution < 1.29 is 77.5 Å². The first-order chi connectivity index (χ1) is 35.0. The third kappa shape index (κ3) is 14.0. The van der Waals surface area contributed by atoms with E-state index in [1.165, 1.54) is 27.3 Å². The Morgan fingerprint density at radius 3 is 2.16 bits per heavy atom. The molecule has 5 rings (SSSR count). The fourth-order valence-corrected chi connectivity index (χ4v) is 11.2. The van der Waals surface area contributed by atoms with Gasteiger partial charge in [0.1, 0.15) is 35.1 Å². The summed E-state index contributed by atoms with van der Waals surface area (Å²) in [6.45, 7) is 16.0. The molecule has 21 heteroatoms. The van der Waals surface area contributed by atoms with Gasteiger partial charge in [0.15, 0.2) is 24.5 Å². The molecule has 1 aromatic heterocycles. The van der Waals surface area contributed by atoms with Crippen molar-refractivity contribution in [1.82, 2.24) is 14.9 Å². The van der Waals surface area contributed by atoms with E-state index in [-0.39, 0.29) is 43.4 Å². The molecule has 0 radical (unpaired) electrons. The predicted octanol–water partition coefficient (Wildman–Crippen LogP) is 3.18. The number of benzene rings is 1. The number of pyridine rings is 1. The minimum absolute atomic E-state index is 0.0280. The Morgan fingerprint density at radius 1 is 0.907 bits per heavy atom. The molecule has 3 saturated heterocycles. The molecule has 21 nitrogen and oxygen atoms in total. The van der Waals surface area contributed by atoms with E-state index in [9.17, 15) is 44.4 Å². The maximum absolute atomic E-state index is 14.4. The number of hydrogen-bond acceptors (Lipinski definition) is 19. The van der Waals surface area contributed by atoms with Gasteiger partial charge in [0.05, 0.1) is 47.9 Å². The molecule has 0 unspecified atom stereocenters. The fourth-order valence-electron chi connectivity index (χ4n) is 11.2. The summed E-state index contributed by atoms with van der Waals surface area (Å²) in [5.74, 6) is -6.12. The van der Waals surface area contributed by atoms with Gasteiger partial charge in [0.2, 0.25) is 5.43 Å². The Labute approximate surface area is 441 Å². The smallest absolute Gasteiger partial charge is 0.341 e. The topological polar surface area (TPSA) is 264 Å². The van der Waals surface area contributed by atoms with E-state index < -0.39 is 119 Å². The summed E-state index contributed by atoms with van der Waals surface area (Å²) < 4.78 is 52.6. The Kier molecular flexibility index (Phi) is 21.0. The number of aromatic carboxylic acids is 1. The van der Waals surface area contributed by atoms with Crippen molar-refractivity contribution in [2.75, 3.05) is 60.5 Å². The molecule has 75 heavy (non-hydrogen) atoms. The Bertz CT molecular complexity index is 2350. The SMILES string of the molecule is CC[C@H]1OC(=O)[C@H](C)[C@@H](O[C@H]2C[C@@](C)(OC)[C@@H](OC(=O)CCNCCCc3ccc4c(c3)c(=O)c(C(=O)O)cn4N(C)C)[C@H](C)O2)[C@H](C)[C@@H](O[C@@H]2O[C@H](C)C[C@H](N(C)C)[C@H]2O)[C@](C)(OC)C[C@@H](C)C(=O)[C@@H](O)[C@]1(C)O. The number of esters is 2. The van der Waals surface area contributed by atoms with Crippen LogP contribution in [0.2, 0.25) is 0 Å². The van der Waals surface area contributed by atoms with Gasteiger partial charge in [-0.1, -0.05) is 26.8 Å². The molecule has 0 aliphatic carbocycles. The monoisotopic (exact) mass is 1060 g/mol. The number of aliphatic hydroxyl groups is 3. The second-order valence-corrected chi connectivity index (χ2v) is 22.1. The normalized spacial score (nSPS) is 36.3. The highest BCUT2D eigenvalue weighted by Crippen LogP contribution is 2.42. The van der Waals surface area contributed by atoms with E-state index in [2.05, 4.69) is 5.32 Å². The van der Waals surface area contributed by atoms with Crippen molar-refractivity contribution in [3.63, 3.8) is 0 Å². The van der Waals surface area contributed by atoms with E-state index in [1.54, 1.807) is 84.4 Å². The van der Waals surface area contributed by atoms with Gasteiger partial charge >= 0.3 is 17.9 Å². The number of cyclic esters (lactones) is 1. The van der Waals surface area contributed by atoms with Crippen LogP contribution in [0.3, 0.4) is 0 Å². The summed E-state index contributed by atoms with van der Waals surface area (Å²) in [6, 6.07) is 5.09. The number of aliphatic hydroxyl groups excluding tert-OH is 2. The number of nitrogens with one attached hydrogen (secondary N) is 1. The van der Waals surface area contributed by atoms with Crippen molar-refractivity contribution in [2.45, 2.75) is 192 Å². The molecule has 0 bridgehead atoms. The Balaban J connectivity index is 1.33. The average Bonchev–Trinajstić information content (AvgIpc) is 3.35. The number of carbonyl (C=O) groups excluding carboxylic acids is 3. The van der Waals surface area contributed by atoms with Crippen LogP contribution >= 0.6 is 0 Å². The van der Waals surface area contributed by atoms with Gasteiger partial charge < -0.3 is 73.5 Å². The molecular formula is C54H86N4O17. The zero-order chi connectivity index (χ0) is 56.1. The first kappa shape index (κ1) is 61.7. The lowest BCUT2D eigenvalue weighted by Gasteiger charge is -2.49. The molecule has 424 valence electrons. The molecule has 0 saturated carbocycles. The third-order valence-electron chi connectivity index (χ3n) is 15.8. The summed E-state index contributed by atoms with van der Waals surface area (Å²) in [7, 11) is 10.2. The summed E-state index contributed by atoms with van der Waals surface area (Å²) in [6.07, 6.45) is -7.56.